The zero-order chi connectivity index (χ0) is 32.4. The number of ether oxygens (including phenoxy) is 1. The molecule has 6 rings (SSSR count). The summed E-state index contributed by atoms with van der Waals surface area (Å²) in [6.07, 6.45) is 11.5. The maximum Gasteiger partial charge on any atom is 0.135 e. The highest BCUT2D eigenvalue weighted by atomic mass is 35.5. The van der Waals surface area contributed by atoms with Crippen molar-refractivity contribution >= 4 is 40.2 Å². The molecule has 0 radical (unpaired) electrons. The number of nitrogens with zero attached hydrogens (tertiary/aromatic N) is 4. The number of piperidine rings is 1. The molecule has 2 aliphatic rings. The first-order valence-electron chi connectivity index (χ1n) is 16.0. The second-order valence-electron chi connectivity index (χ2n) is 12.4. The van der Waals surface area contributed by atoms with Gasteiger partial charge < -0.3 is 15.0 Å². The lowest BCUT2D eigenvalue weighted by Gasteiger charge is -2.41. The Bertz CT molecular complexity index is 1750. The largest absolute Gasteiger partial charge is 0.616 e. The number of aryl methyl sites for hydroxylation is 3. The van der Waals surface area contributed by atoms with Crippen LogP contribution in [0.25, 0.3) is 28.5 Å². The van der Waals surface area contributed by atoms with Crippen LogP contribution in [-0.2, 0) is 17.6 Å². The number of anilines is 1. The van der Waals surface area contributed by atoms with Gasteiger partial charge in [0, 0.05) is 40.5 Å². The van der Waals surface area contributed by atoms with E-state index in [1.54, 1.807) is 17.1 Å². The lowest BCUT2D eigenvalue weighted by atomic mass is 9.94. The van der Waals surface area contributed by atoms with Gasteiger partial charge in [0.05, 0.1) is 24.1 Å². The van der Waals surface area contributed by atoms with Crippen molar-refractivity contribution in [2.45, 2.75) is 58.6 Å². The molecule has 2 aromatic heterocycles. The summed E-state index contributed by atoms with van der Waals surface area (Å²) in [5.41, 5.74) is 15.3. The molecule has 2 fully saturated rings. The van der Waals surface area contributed by atoms with Crippen LogP contribution in [0.5, 0.6) is 5.75 Å². The highest BCUT2D eigenvalue weighted by Crippen LogP contribution is 2.39. The summed E-state index contributed by atoms with van der Waals surface area (Å²) >= 11 is 6.10. The van der Waals surface area contributed by atoms with Gasteiger partial charge in [-0.2, -0.15) is 5.10 Å². The Labute approximate surface area is 280 Å². The molecule has 240 valence electrons. The van der Waals surface area contributed by atoms with Gasteiger partial charge in [-0.1, -0.05) is 73.1 Å². The van der Waals surface area contributed by atoms with Crippen LogP contribution in [-0.4, -0.2) is 61.0 Å². The summed E-state index contributed by atoms with van der Waals surface area (Å²) in [7, 11) is 0. The first-order chi connectivity index (χ1) is 22.2. The van der Waals surface area contributed by atoms with Crippen LogP contribution >= 0.6 is 11.6 Å². The molecule has 4 aromatic rings. The second-order valence-corrected chi connectivity index (χ2v) is 14.3. The molecule has 0 bridgehead atoms. The number of allylic oxidation sites excluding steroid dienone is 2. The number of nitrogens with two attached hydrogens (primary N) is 1. The smallest absolute Gasteiger partial charge is 0.135 e. The fourth-order valence-corrected chi connectivity index (χ4v) is 7.81. The van der Waals surface area contributed by atoms with E-state index in [-0.39, 0.29) is 6.10 Å². The SMILES string of the molecule is C=C(/C=C/c1cc(OC2CCN(C3C[S+]([O-])C3)CC2)c(-c2ccccc2Cl)cc1CCC)c1cnn(-c2cnc(C)cc2C)c1N. The van der Waals surface area contributed by atoms with Crippen LogP contribution in [0.15, 0.2) is 67.5 Å². The van der Waals surface area contributed by atoms with Crippen LogP contribution < -0.4 is 10.5 Å². The number of pyridine rings is 1. The maximum absolute atomic E-state index is 11.7. The van der Waals surface area contributed by atoms with E-state index in [0.29, 0.717) is 16.9 Å². The van der Waals surface area contributed by atoms with Gasteiger partial charge in [-0.25, -0.2) is 4.68 Å². The summed E-state index contributed by atoms with van der Waals surface area (Å²) in [5.74, 6) is 2.96. The number of benzene rings is 2. The third-order valence-electron chi connectivity index (χ3n) is 9.03. The number of hydrogen-bond acceptors (Lipinski definition) is 6. The molecular formula is C37H42ClN5O2S. The minimum Gasteiger partial charge on any atom is -0.616 e. The van der Waals surface area contributed by atoms with E-state index < -0.39 is 11.2 Å². The van der Waals surface area contributed by atoms with Gasteiger partial charge >= 0.3 is 0 Å². The van der Waals surface area contributed by atoms with Gasteiger partial charge in [-0.3, -0.25) is 9.88 Å². The van der Waals surface area contributed by atoms with Gasteiger partial charge in [-0.05, 0) is 79.6 Å². The van der Waals surface area contributed by atoms with E-state index in [1.165, 1.54) is 5.56 Å². The normalized spacial score (nSPS) is 19.0. The molecule has 2 N–H and O–H groups in total. The number of likely N-dealkylation sites (tertiary alicyclic amines) is 1. The molecule has 0 atom stereocenters. The Kier molecular flexibility index (Phi) is 9.89. The first kappa shape index (κ1) is 32.4. The zero-order valence-corrected chi connectivity index (χ0v) is 28.4. The molecule has 9 heteroatoms. The van der Waals surface area contributed by atoms with Gasteiger partial charge in [0.1, 0.15) is 29.2 Å². The molecule has 2 aromatic carbocycles. The number of nitrogen functional groups attached to an aromatic ring is 1. The first-order valence-corrected chi connectivity index (χ1v) is 17.9. The van der Waals surface area contributed by atoms with Crippen LogP contribution in [0.3, 0.4) is 0 Å². The third kappa shape index (κ3) is 6.91. The van der Waals surface area contributed by atoms with Crippen molar-refractivity contribution in [1.29, 1.82) is 0 Å². The standard InChI is InChI=1S/C37H42ClN5O2S/c1-5-8-27-18-32(31-9-6-7-10-34(31)38)36(45-30-13-15-42(16-14-30)29-22-46(44)23-29)19-28(27)12-11-24(2)33-20-41-43(37(33)39)35-21-40-26(4)17-25(35)3/h6-7,9-12,17-21,29-30H,2,5,8,13-16,22-23,39H2,1,3-4H3/b12-11+. The summed E-state index contributed by atoms with van der Waals surface area (Å²) in [6.45, 7) is 12.4. The van der Waals surface area contributed by atoms with Gasteiger partial charge in [0.2, 0.25) is 0 Å². The van der Waals surface area contributed by atoms with Gasteiger partial charge in [0.25, 0.3) is 0 Å². The van der Waals surface area contributed by atoms with E-state index in [9.17, 15) is 4.55 Å². The van der Waals surface area contributed by atoms with Crippen LogP contribution in [0.1, 0.15) is 54.1 Å². The number of hydrogen-bond donors (Lipinski definition) is 1. The molecule has 0 saturated carbocycles. The average Bonchev–Trinajstić information content (AvgIpc) is 3.41. The van der Waals surface area contributed by atoms with Crippen LogP contribution in [0.2, 0.25) is 5.02 Å². The molecule has 0 amide bonds. The van der Waals surface area contributed by atoms with Gasteiger partial charge in [0.15, 0.2) is 0 Å². The fourth-order valence-electron chi connectivity index (χ4n) is 6.39. The molecule has 46 heavy (non-hydrogen) atoms. The molecule has 4 heterocycles. The van der Waals surface area contributed by atoms with Crippen molar-refractivity contribution in [3.63, 3.8) is 0 Å². The number of aromatic nitrogens is 3. The third-order valence-corrected chi connectivity index (χ3v) is 10.9. The van der Waals surface area contributed by atoms with E-state index in [1.807, 2.05) is 44.2 Å². The van der Waals surface area contributed by atoms with Crippen LogP contribution in [0, 0.1) is 13.8 Å². The fraction of sp³-hybridized carbons (Fsp3) is 0.351. The Morgan fingerprint density at radius 2 is 1.89 bits per heavy atom. The quantitative estimate of drug-likeness (QED) is 0.141. The molecule has 0 spiro atoms. The van der Waals surface area contributed by atoms with E-state index >= 15 is 0 Å². The topological polar surface area (TPSA) is 92.3 Å². The van der Waals surface area contributed by atoms with Crippen molar-refractivity contribution < 1.29 is 9.29 Å². The Balaban J connectivity index is 1.29. The molecule has 2 saturated heterocycles. The number of rotatable bonds is 10. The minimum absolute atomic E-state index is 0.0947. The summed E-state index contributed by atoms with van der Waals surface area (Å²) in [4.78, 5) is 6.91. The highest BCUT2D eigenvalue weighted by Gasteiger charge is 2.38. The van der Waals surface area contributed by atoms with Gasteiger partial charge in [-0.15, -0.1) is 0 Å². The molecule has 2 aliphatic heterocycles. The zero-order valence-electron chi connectivity index (χ0n) is 26.8. The average molecular weight is 656 g/mol. The maximum atomic E-state index is 11.7. The predicted octanol–water partition coefficient (Wildman–Crippen LogP) is 7.44. The van der Waals surface area contributed by atoms with Crippen molar-refractivity contribution in [3.05, 3.63) is 100 Å². The summed E-state index contributed by atoms with van der Waals surface area (Å²) in [6, 6.07) is 14.8. The highest BCUT2D eigenvalue weighted by molar-refractivity contribution is 7.92. The molecule has 7 nitrogen and oxygen atoms in total. The minimum atomic E-state index is -0.639. The Morgan fingerprint density at radius 1 is 1.13 bits per heavy atom. The van der Waals surface area contributed by atoms with Crippen molar-refractivity contribution in [2.24, 2.45) is 0 Å². The lowest BCUT2D eigenvalue weighted by molar-refractivity contribution is 0.0826. The molecule has 0 unspecified atom stereocenters. The van der Waals surface area contributed by atoms with Crippen LogP contribution in [0.4, 0.5) is 5.82 Å². The van der Waals surface area contributed by atoms with Crippen molar-refractivity contribution in [1.82, 2.24) is 19.7 Å². The van der Waals surface area contributed by atoms with Crippen molar-refractivity contribution in [3.8, 4) is 22.6 Å². The summed E-state index contributed by atoms with van der Waals surface area (Å²) < 4.78 is 20.2. The molecular weight excluding hydrogens is 614 g/mol. The van der Waals surface area contributed by atoms with E-state index in [2.05, 4.69) is 52.8 Å². The Morgan fingerprint density at radius 3 is 2.59 bits per heavy atom. The Hall–Kier alpha value is -3.56. The van der Waals surface area contributed by atoms with E-state index in [4.69, 9.17) is 22.1 Å². The number of halogens is 1. The molecule has 0 aliphatic carbocycles. The van der Waals surface area contributed by atoms with E-state index in [0.717, 1.165) is 101 Å². The monoisotopic (exact) mass is 655 g/mol. The second kappa shape index (κ2) is 14.1. The predicted molar refractivity (Wildman–Crippen MR) is 191 cm³/mol. The lowest BCUT2D eigenvalue weighted by Crippen LogP contribution is -2.56. The summed E-state index contributed by atoms with van der Waals surface area (Å²) in [5, 5.41) is 5.27. The van der Waals surface area contributed by atoms with Crippen molar-refractivity contribution in [2.75, 3.05) is 30.3 Å².